The lowest BCUT2D eigenvalue weighted by atomic mass is 10.2. The Morgan fingerprint density at radius 3 is 2.82 bits per heavy atom. The third-order valence-electron chi connectivity index (χ3n) is 2.36. The second-order valence-electron chi connectivity index (χ2n) is 4.07. The summed E-state index contributed by atoms with van der Waals surface area (Å²) in [5.41, 5.74) is 0.945. The van der Waals surface area contributed by atoms with E-state index < -0.39 is 5.97 Å². The number of carboxylic acid groups (broad SMARTS) is 1. The van der Waals surface area contributed by atoms with Gasteiger partial charge >= 0.3 is 5.97 Å². The van der Waals surface area contributed by atoms with E-state index in [2.05, 4.69) is 10.3 Å². The summed E-state index contributed by atoms with van der Waals surface area (Å²) < 4.78 is 0. The number of anilines is 1. The molecule has 0 saturated carbocycles. The molecule has 1 heterocycles. The zero-order valence-electron chi connectivity index (χ0n) is 10.1. The van der Waals surface area contributed by atoms with Crippen LogP contribution in [-0.4, -0.2) is 33.8 Å². The minimum Gasteiger partial charge on any atom is -0.478 e. The molecule has 0 amide bonds. The molecule has 0 saturated heterocycles. The summed E-state index contributed by atoms with van der Waals surface area (Å²) >= 11 is 0. The van der Waals surface area contributed by atoms with Crippen molar-refractivity contribution < 1.29 is 15.0 Å². The zero-order valence-corrected chi connectivity index (χ0v) is 10.1. The van der Waals surface area contributed by atoms with Gasteiger partial charge in [0, 0.05) is 12.2 Å². The highest BCUT2D eigenvalue weighted by Crippen LogP contribution is 2.13. The largest absolute Gasteiger partial charge is 0.478 e. The molecular weight excluding hydrogens is 220 g/mol. The Kier molecular flexibility index (Phi) is 4.90. The van der Waals surface area contributed by atoms with Gasteiger partial charge in [0.2, 0.25) is 0 Å². The van der Waals surface area contributed by atoms with Crippen LogP contribution in [0.5, 0.6) is 0 Å². The third-order valence-corrected chi connectivity index (χ3v) is 2.36. The summed E-state index contributed by atoms with van der Waals surface area (Å²) in [5.74, 6) is -0.599. The lowest BCUT2D eigenvalue weighted by Gasteiger charge is -2.10. The number of pyridine rings is 1. The molecule has 1 unspecified atom stereocenters. The first-order chi connectivity index (χ1) is 8.00. The van der Waals surface area contributed by atoms with Gasteiger partial charge in [-0.3, -0.25) is 0 Å². The van der Waals surface area contributed by atoms with Crippen molar-refractivity contribution in [3.8, 4) is 0 Å². The van der Waals surface area contributed by atoms with Gasteiger partial charge < -0.3 is 15.5 Å². The van der Waals surface area contributed by atoms with Gasteiger partial charge in [0.05, 0.1) is 6.10 Å². The molecule has 0 aliphatic rings. The number of hydrogen-bond donors (Lipinski definition) is 3. The van der Waals surface area contributed by atoms with Crippen LogP contribution in [0, 0.1) is 6.92 Å². The fourth-order valence-corrected chi connectivity index (χ4v) is 1.47. The van der Waals surface area contributed by atoms with E-state index in [1.807, 2.05) is 6.92 Å². The lowest BCUT2D eigenvalue weighted by molar-refractivity contribution is 0.0697. The predicted octanol–water partition coefficient (Wildman–Crippen LogP) is 1.66. The average Bonchev–Trinajstić information content (AvgIpc) is 2.23. The second kappa shape index (κ2) is 6.20. The maximum atomic E-state index is 11.0. The van der Waals surface area contributed by atoms with Crippen LogP contribution in [0.2, 0.25) is 0 Å². The number of nitrogens with one attached hydrogen (secondary N) is 1. The number of carboxylic acids is 1. The van der Waals surface area contributed by atoms with Gasteiger partial charge in [-0.05, 0) is 38.8 Å². The minimum absolute atomic E-state index is 0.174. The van der Waals surface area contributed by atoms with Crippen LogP contribution in [0.25, 0.3) is 0 Å². The molecule has 1 aromatic rings. The molecule has 3 N–H and O–H groups in total. The maximum Gasteiger partial charge on any atom is 0.339 e. The van der Waals surface area contributed by atoms with Crippen molar-refractivity contribution in [1.82, 2.24) is 4.98 Å². The van der Waals surface area contributed by atoms with E-state index in [1.54, 1.807) is 19.1 Å². The standard InChI is InChI=1S/C12H18N2O3/c1-8-5-6-10(12(16)17)11(14-8)13-7-3-4-9(2)15/h5-6,9,15H,3-4,7H2,1-2H3,(H,13,14)(H,16,17). The van der Waals surface area contributed by atoms with E-state index in [0.717, 1.165) is 12.1 Å². The SMILES string of the molecule is Cc1ccc(C(=O)O)c(NCCCC(C)O)n1. The molecule has 0 fully saturated rings. The Hall–Kier alpha value is -1.62. The number of hydrogen-bond acceptors (Lipinski definition) is 4. The van der Waals surface area contributed by atoms with Gasteiger partial charge in [0.1, 0.15) is 11.4 Å². The van der Waals surface area contributed by atoms with E-state index in [0.29, 0.717) is 18.8 Å². The molecule has 0 aliphatic carbocycles. The highest BCUT2D eigenvalue weighted by Gasteiger charge is 2.10. The van der Waals surface area contributed by atoms with E-state index in [-0.39, 0.29) is 11.7 Å². The van der Waals surface area contributed by atoms with Gasteiger partial charge in [-0.25, -0.2) is 9.78 Å². The molecular formula is C12H18N2O3. The summed E-state index contributed by atoms with van der Waals surface area (Å²) in [6.07, 6.45) is 1.12. The third kappa shape index (κ3) is 4.40. The van der Waals surface area contributed by atoms with Gasteiger partial charge in [-0.1, -0.05) is 0 Å². The molecule has 5 nitrogen and oxygen atoms in total. The first-order valence-corrected chi connectivity index (χ1v) is 5.63. The van der Waals surface area contributed by atoms with Crippen LogP contribution >= 0.6 is 0 Å². The number of aromatic nitrogens is 1. The van der Waals surface area contributed by atoms with Crippen LogP contribution < -0.4 is 5.32 Å². The highest BCUT2D eigenvalue weighted by molar-refractivity contribution is 5.93. The van der Waals surface area contributed by atoms with Crippen LogP contribution in [0.15, 0.2) is 12.1 Å². The number of aryl methyl sites for hydroxylation is 1. The van der Waals surface area contributed by atoms with Crippen molar-refractivity contribution in [3.05, 3.63) is 23.4 Å². The first-order valence-electron chi connectivity index (χ1n) is 5.63. The van der Waals surface area contributed by atoms with E-state index in [9.17, 15) is 4.79 Å². The monoisotopic (exact) mass is 238 g/mol. The predicted molar refractivity (Wildman–Crippen MR) is 65.3 cm³/mol. The zero-order chi connectivity index (χ0) is 12.8. The van der Waals surface area contributed by atoms with Crippen molar-refractivity contribution in [2.75, 3.05) is 11.9 Å². The van der Waals surface area contributed by atoms with Crippen LogP contribution in [0.4, 0.5) is 5.82 Å². The van der Waals surface area contributed by atoms with Gasteiger partial charge in [0.15, 0.2) is 0 Å². The van der Waals surface area contributed by atoms with E-state index >= 15 is 0 Å². The Balaban J connectivity index is 2.62. The highest BCUT2D eigenvalue weighted by atomic mass is 16.4. The Morgan fingerprint density at radius 2 is 2.24 bits per heavy atom. The molecule has 0 spiro atoms. The second-order valence-corrected chi connectivity index (χ2v) is 4.07. The smallest absolute Gasteiger partial charge is 0.339 e. The molecule has 0 aromatic carbocycles. The summed E-state index contributed by atoms with van der Waals surface area (Å²) in [5, 5.41) is 21.1. The molecule has 0 bridgehead atoms. The Labute approximate surface area is 101 Å². The van der Waals surface area contributed by atoms with Crippen molar-refractivity contribution in [3.63, 3.8) is 0 Å². The molecule has 0 radical (unpaired) electrons. The topological polar surface area (TPSA) is 82.5 Å². The molecule has 1 aromatic heterocycles. The number of aromatic carboxylic acids is 1. The Morgan fingerprint density at radius 1 is 1.53 bits per heavy atom. The summed E-state index contributed by atoms with van der Waals surface area (Å²) in [6, 6.07) is 3.21. The molecule has 1 atom stereocenters. The number of nitrogens with zero attached hydrogens (tertiary/aromatic N) is 1. The van der Waals surface area contributed by atoms with Crippen LogP contribution in [-0.2, 0) is 0 Å². The number of rotatable bonds is 6. The van der Waals surface area contributed by atoms with E-state index in [4.69, 9.17) is 10.2 Å². The average molecular weight is 238 g/mol. The molecule has 17 heavy (non-hydrogen) atoms. The summed E-state index contributed by atoms with van der Waals surface area (Å²) in [4.78, 5) is 15.1. The van der Waals surface area contributed by atoms with Gasteiger partial charge in [-0.15, -0.1) is 0 Å². The molecule has 1 rings (SSSR count). The van der Waals surface area contributed by atoms with Crippen molar-refractivity contribution >= 4 is 11.8 Å². The molecule has 5 heteroatoms. The van der Waals surface area contributed by atoms with Gasteiger partial charge in [0.25, 0.3) is 0 Å². The minimum atomic E-state index is -0.990. The first kappa shape index (κ1) is 13.4. The summed E-state index contributed by atoms with van der Waals surface area (Å²) in [6.45, 7) is 4.14. The maximum absolute atomic E-state index is 11.0. The molecule has 0 aliphatic heterocycles. The van der Waals surface area contributed by atoms with Crippen LogP contribution in [0.3, 0.4) is 0 Å². The van der Waals surface area contributed by atoms with E-state index in [1.165, 1.54) is 0 Å². The number of aliphatic hydroxyl groups is 1. The van der Waals surface area contributed by atoms with Crippen molar-refractivity contribution in [1.29, 1.82) is 0 Å². The quantitative estimate of drug-likeness (QED) is 0.656. The fourth-order valence-electron chi connectivity index (χ4n) is 1.47. The summed E-state index contributed by atoms with van der Waals surface area (Å²) in [7, 11) is 0. The number of aliphatic hydroxyl groups excluding tert-OH is 1. The molecule has 94 valence electrons. The van der Waals surface area contributed by atoms with Crippen molar-refractivity contribution in [2.24, 2.45) is 0 Å². The fraction of sp³-hybridized carbons (Fsp3) is 0.500. The Bertz CT molecular complexity index is 391. The lowest BCUT2D eigenvalue weighted by Crippen LogP contribution is -2.11. The van der Waals surface area contributed by atoms with Gasteiger partial charge in [-0.2, -0.15) is 0 Å². The van der Waals surface area contributed by atoms with Crippen molar-refractivity contribution in [2.45, 2.75) is 32.8 Å². The number of carbonyl (C=O) groups is 1. The normalized spacial score (nSPS) is 12.2. The van der Waals surface area contributed by atoms with Crippen LogP contribution in [0.1, 0.15) is 35.8 Å².